The van der Waals surface area contributed by atoms with Gasteiger partial charge in [0, 0.05) is 0 Å². The van der Waals surface area contributed by atoms with Crippen molar-refractivity contribution in [1.29, 1.82) is 0 Å². The molecule has 1 amide bonds. The highest BCUT2D eigenvalue weighted by Gasteiger charge is 2.26. The molecule has 3 N–H and O–H groups in total. The number of hydrogen-bond acceptors (Lipinski definition) is 4. The number of benzene rings is 1. The van der Waals surface area contributed by atoms with E-state index in [1.807, 2.05) is 6.92 Å². The van der Waals surface area contributed by atoms with Gasteiger partial charge in [0.15, 0.2) is 5.44 Å². The van der Waals surface area contributed by atoms with Crippen molar-refractivity contribution in [2.75, 3.05) is 0 Å². The van der Waals surface area contributed by atoms with E-state index in [4.69, 9.17) is 5.73 Å². The number of rotatable bonds is 4. The molecule has 0 saturated carbocycles. The van der Waals surface area contributed by atoms with Crippen molar-refractivity contribution in [2.45, 2.75) is 23.7 Å². The number of aliphatic hydroxyl groups excluding tert-OH is 1. The fourth-order valence-corrected chi connectivity index (χ4v) is 2.38. The summed E-state index contributed by atoms with van der Waals surface area (Å²) in [6.45, 7) is 1.82. The minimum atomic E-state index is -3.90. The van der Waals surface area contributed by atoms with Gasteiger partial charge in [0.25, 0.3) is 0 Å². The average molecular weight is 243 g/mol. The third-order valence-electron chi connectivity index (χ3n) is 2.08. The molecule has 16 heavy (non-hydrogen) atoms. The van der Waals surface area contributed by atoms with E-state index in [1.165, 1.54) is 12.1 Å². The first kappa shape index (κ1) is 12.7. The van der Waals surface area contributed by atoms with Crippen molar-refractivity contribution in [3.05, 3.63) is 29.8 Å². The zero-order valence-electron chi connectivity index (χ0n) is 8.75. The van der Waals surface area contributed by atoms with Crippen LogP contribution in [-0.2, 0) is 14.6 Å². The molecule has 1 aromatic rings. The van der Waals surface area contributed by atoms with E-state index in [9.17, 15) is 18.3 Å². The summed E-state index contributed by atoms with van der Waals surface area (Å²) in [5.74, 6) is -0.858. The Labute approximate surface area is 93.8 Å². The van der Waals surface area contributed by atoms with Crippen molar-refractivity contribution >= 4 is 15.7 Å². The fraction of sp³-hybridized carbons (Fsp3) is 0.300. The summed E-state index contributed by atoms with van der Waals surface area (Å²) < 4.78 is 23.4. The second-order valence-corrected chi connectivity index (χ2v) is 5.59. The van der Waals surface area contributed by atoms with Crippen LogP contribution in [0, 0.1) is 6.92 Å². The number of carbonyl (C=O) groups is 1. The lowest BCUT2D eigenvalue weighted by Gasteiger charge is -2.10. The Hall–Kier alpha value is -1.40. The summed E-state index contributed by atoms with van der Waals surface area (Å²) >= 11 is 0. The van der Waals surface area contributed by atoms with E-state index in [0.29, 0.717) is 0 Å². The van der Waals surface area contributed by atoms with E-state index in [2.05, 4.69) is 0 Å². The Bertz CT molecular complexity index is 478. The number of carbonyl (C=O) groups excluding carboxylic acids is 1. The van der Waals surface area contributed by atoms with Gasteiger partial charge in [0.05, 0.1) is 11.3 Å². The molecule has 0 aliphatic heterocycles. The van der Waals surface area contributed by atoms with Crippen LogP contribution < -0.4 is 5.73 Å². The van der Waals surface area contributed by atoms with Crippen LogP contribution in [0.15, 0.2) is 29.2 Å². The third-order valence-corrected chi connectivity index (χ3v) is 3.90. The largest absolute Gasteiger partial charge is 0.376 e. The highest BCUT2D eigenvalue weighted by Crippen LogP contribution is 2.17. The van der Waals surface area contributed by atoms with Gasteiger partial charge in [-0.2, -0.15) is 0 Å². The van der Waals surface area contributed by atoms with Gasteiger partial charge in [0.1, 0.15) is 0 Å². The number of amides is 1. The maximum absolute atomic E-state index is 11.7. The van der Waals surface area contributed by atoms with Crippen molar-refractivity contribution in [1.82, 2.24) is 0 Å². The minimum absolute atomic E-state index is 0.0214. The lowest BCUT2D eigenvalue weighted by Crippen LogP contribution is -2.27. The van der Waals surface area contributed by atoms with Gasteiger partial charge in [-0.1, -0.05) is 17.7 Å². The average Bonchev–Trinajstić information content (AvgIpc) is 2.17. The lowest BCUT2D eigenvalue weighted by atomic mass is 10.2. The number of nitrogens with two attached hydrogens (primary N) is 1. The summed E-state index contributed by atoms with van der Waals surface area (Å²) in [5.41, 5.74) is 3.95. The predicted octanol–water partition coefficient (Wildman–Crippen LogP) is -0.0375. The molecule has 5 nitrogen and oxygen atoms in total. The summed E-state index contributed by atoms with van der Waals surface area (Å²) in [5, 5.41) is 9.38. The molecule has 1 aromatic carbocycles. The lowest BCUT2D eigenvalue weighted by molar-refractivity contribution is -0.119. The second-order valence-electron chi connectivity index (χ2n) is 3.48. The van der Waals surface area contributed by atoms with Crippen LogP contribution in [0.5, 0.6) is 0 Å². The molecule has 0 fully saturated rings. The van der Waals surface area contributed by atoms with Gasteiger partial charge in [-0.15, -0.1) is 0 Å². The number of aliphatic hydroxyl groups is 1. The Morgan fingerprint density at radius 1 is 1.38 bits per heavy atom. The van der Waals surface area contributed by atoms with Crippen LogP contribution in [0.3, 0.4) is 0 Å². The third kappa shape index (κ3) is 2.80. The van der Waals surface area contributed by atoms with Gasteiger partial charge in [-0.05, 0) is 19.1 Å². The molecule has 1 rings (SSSR count). The fourth-order valence-electron chi connectivity index (χ4n) is 1.17. The molecule has 0 aliphatic carbocycles. The smallest absolute Gasteiger partial charge is 0.221 e. The minimum Gasteiger partial charge on any atom is -0.376 e. The Morgan fingerprint density at radius 3 is 2.31 bits per heavy atom. The van der Waals surface area contributed by atoms with Crippen molar-refractivity contribution < 1.29 is 18.3 Å². The van der Waals surface area contributed by atoms with Crippen LogP contribution in [0.25, 0.3) is 0 Å². The Kier molecular flexibility index (Phi) is 3.66. The number of hydrogen-bond donors (Lipinski definition) is 2. The zero-order valence-corrected chi connectivity index (χ0v) is 9.57. The Morgan fingerprint density at radius 2 is 1.88 bits per heavy atom. The molecule has 88 valence electrons. The Balaban J connectivity index is 3.02. The number of aryl methyl sites for hydroxylation is 1. The van der Waals surface area contributed by atoms with Gasteiger partial charge < -0.3 is 10.8 Å². The van der Waals surface area contributed by atoms with Gasteiger partial charge in [0.2, 0.25) is 15.7 Å². The zero-order chi connectivity index (χ0) is 12.3. The summed E-state index contributed by atoms with van der Waals surface area (Å²) in [6.07, 6.45) is -0.601. The first-order chi connectivity index (χ1) is 7.34. The van der Waals surface area contributed by atoms with Crippen molar-refractivity contribution in [3.63, 3.8) is 0 Å². The van der Waals surface area contributed by atoms with Crippen LogP contribution >= 0.6 is 0 Å². The summed E-state index contributed by atoms with van der Waals surface area (Å²) in [4.78, 5) is 10.5. The summed E-state index contributed by atoms with van der Waals surface area (Å²) in [7, 11) is -3.90. The molecule has 0 saturated heterocycles. The predicted molar refractivity (Wildman–Crippen MR) is 58.2 cm³/mol. The normalized spacial score (nSPS) is 13.4. The molecule has 0 heterocycles. The molecular weight excluding hydrogens is 230 g/mol. The number of sulfone groups is 1. The molecule has 0 radical (unpaired) electrons. The van der Waals surface area contributed by atoms with Crippen LogP contribution in [0.1, 0.15) is 12.0 Å². The van der Waals surface area contributed by atoms with E-state index in [-0.39, 0.29) is 4.90 Å². The maximum atomic E-state index is 11.7. The maximum Gasteiger partial charge on any atom is 0.221 e. The highest BCUT2D eigenvalue weighted by molar-refractivity contribution is 7.91. The molecule has 0 aliphatic rings. The summed E-state index contributed by atoms with van der Waals surface area (Å²) in [6, 6.07) is 6.00. The van der Waals surface area contributed by atoms with E-state index in [1.54, 1.807) is 12.1 Å². The molecule has 1 atom stereocenters. The van der Waals surface area contributed by atoms with E-state index in [0.717, 1.165) is 5.56 Å². The van der Waals surface area contributed by atoms with E-state index < -0.39 is 27.6 Å². The molecular formula is C10H13NO4S. The van der Waals surface area contributed by atoms with E-state index >= 15 is 0 Å². The second kappa shape index (κ2) is 4.63. The van der Waals surface area contributed by atoms with Gasteiger partial charge in [-0.3, -0.25) is 4.79 Å². The molecule has 0 bridgehead atoms. The molecule has 6 heteroatoms. The monoisotopic (exact) mass is 243 g/mol. The first-order valence-corrected chi connectivity index (χ1v) is 6.15. The first-order valence-electron chi connectivity index (χ1n) is 4.61. The van der Waals surface area contributed by atoms with Crippen LogP contribution in [-0.4, -0.2) is 24.9 Å². The van der Waals surface area contributed by atoms with Gasteiger partial charge in [-0.25, -0.2) is 8.42 Å². The SMILES string of the molecule is Cc1ccc(S(=O)(=O)C(O)CC(N)=O)cc1. The molecule has 1 unspecified atom stereocenters. The molecule has 0 aromatic heterocycles. The number of primary amides is 1. The quantitative estimate of drug-likeness (QED) is 0.775. The van der Waals surface area contributed by atoms with Crippen LogP contribution in [0.4, 0.5) is 0 Å². The van der Waals surface area contributed by atoms with Gasteiger partial charge >= 0.3 is 0 Å². The van der Waals surface area contributed by atoms with Crippen molar-refractivity contribution in [2.24, 2.45) is 5.73 Å². The van der Waals surface area contributed by atoms with Crippen molar-refractivity contribution in [3.8, 4) is 0 Å². The van der Waals surface area contributed by atoms with Crippen LogP contribution in [0.2, 0.25) is 0 Å². The standard InChI is InChI=1S/C10H13NO4S/c1-7-2-4-8(5-3-7)16(14,15)10(13)6-9(11)12/h2-5,10,13H,6H2,1H3,(H2,11,12). The molecule has 0 spiro atoms. The topological polar surface area (TPSA) is 97.5 Å². The highest BCUT2D eigenvalue weighted by atomic mass is 32.2.